The molecule has 3 nitrogen and oxygen atoms in total. The van der Waals surface area contributed by atoms with Gasteiger partial charge in [-0.3, -0.25) is 4.79 Å². The van der Waals surface area contributed by atoms with Crippen LogP contribution in [0.2, 0.25) is 0 Å². The van der Waals surface area contributed by atoms with Crippen LogP contribution >= 0.6 is 0 Å². The van der Waals surface area contributed by atoms with E-state index in [1.54, 1.807) is 0 Å². The van der Waals surface area contributed by atoms with Gasteiger partial charge in [-0.05, 0) is 24.3 Å². The van der Waals surface area contributed by atoms with Crippen LogP contribution in [0.4, 0.5) is 0 Å². The molecule has 2 atom stereocenters. The number of carbonyl (C=O) groups excluding carboxylic acids is 1. The minimum atomic E-state index is 0.0811. The summed E-state index contributed by atoms with van der Waals surface area (Å²) < 4.78 is 0. The predicted octanol–water partition coefficient (Wildman–Crippen LogP) is 1.54. The van der Waals surface area contributed by atoms with Crippen molar-refractivity contribution in [3.8, 4) is 0 Å². The van der Waals surface area contributed by atoms with Gasteiger partial charge in [0.2, 0.25) is 5.91 Å². The number of hydrogen-bond donors (Lipinski definition) is 2. The van der Waals surface area contributed by atoms with Crippen molar-refractivity contribution >= 4 is 5.91 Å². The van der Waals surface area contributed by atoms with E-state index < -0.39 is 0 Å². The average Bonchev–Trinajstić information content (AvgIpc) is 1.99. The number of amides is 1. The highest BCUT2D eigenvalue weighted by molar-refractivity contribution is 5.76. The van der Waals surface area contributed by atoms with E-state index >= 15 is 0 Å². The van der Waals surface area contributed by atoms with Gasteiger partial charge in [0.25, 0.3) is 0 Å². The molecule has 1 heterocycles. The second-order valence-electron chi connectivity index (χ2n) is 6.00. The Bertz CT molecular complexity index is 220. The molecule has 1 rings (SSSR count). The van der Waals surface area contributed by atoms with Crippen LogP contribution in [0.1, 0.15) is 40.5 Å². The molecule has 0 aromatic rings. The minimum absolute atomic E-state index is 0.0811. The Hall–Kier alpha value is -0.570. The van der Waals surface area contributed by atoms with Crippen molar-refractivity contribution < 1.29 is 4.79 Å². The van der Waals surface area contributed by atoms with E-state index in [-0.39, 0.29) is 11.3 Å². The lowest BCUT2D eigenvalue weighted by Crippen LogP contribution is -2.48. The zero-order valence-electron chi connectivity index (χ0n) is 10.4. The summed E-state index contributed by atoms with van der Waals surface area (Å²) >= 11 is 0. The number of carbonyl (C=O) groups is 1. The van der Waals surface area contributed by atoms with Crippen LogP contribution in [0.15, 0.2) is 0 Å². The first-order valence-corrected chi connectivity index (χ1v) is 5.87. The van der Waals surface area contributed by atoms with Crippen molar-refractivity contribution in [3.63, 3.8) is 0 Å². The van der Waals surface area contributed by atoms with Crippen LogP contribution in [0.25, 0.3) is 0 Å². The van der Waals surface area contributed by atoms with Gasteiger partial charge in [0, 0.05) is 19.0 Å². The van der Waals surface area contributed by atoms with Gasteiger partial charge in [0.15, 0.2) is 0 Å². The third-order valence-electron chi connectivity index (χ3n) is 2.63. The van der Waals surface area contributed by atoms with E-state index in [0.29, 0.717) is 18.4 Å². The molecular weight excluding hydrogens is 188 g/mol. The standard InChI is InChI=1S/C12H24N2O/c1-9-5-10(8-13-7-9)14-11(15)6-12(2,3)4/h9-10,13H,5-8H2,1-4H3,(H,14,15). The number of rotatable bonds is 2. The Labute approximate surface area is 93.0 Å². The summed E-state index contributed by atoms with van der Waals surface area (Å²) in [5, 5.41) is 6.44. The van der Waals surface area contributed by atoms with Crippen LogP contribution in [-0.4, -0.2) is 25.0 Å². The minimum Gasteiger partial charge on any atom is -0.352 e. The fourth-order valence-electron chi connectivity index (χ4n) is 2.03. The highest BCUT2D eigenvalue weighted by atomic mass is 16.1. The molecule has 88 valence electrons. The topological polar surface area (TPSA) is 41.1 Å². The van der Waals surface area contributed by atoms with Gasteiger partial charge < -0.3 is 10.6 Å². The molecule has 0 aromatic carbocycles. The summed E-state index contributed by atoms with van der Waals surface area (Å²) in [5.41, 5.74) is 0.0811. The maximum atomic E-state index is 11.7. The Balaban J connectivity index is 2.31. The second-order valence-corrected chi connectivity index (χ2v) is 6.00. The molecule has 1 fully saturated rings. The lowest BCUT2D eigenvalue weighted by atomic mass is 9.91. The van der Waals surface area contributed by atoms with Crippen molar-refractivity contribution in [1.82, 2.24) is 10.6 Å². The van der Waals surface area contributed by atoms with Gasteiger partial charge in [-0.25, -0.2) is 0 Å². The molecule has 3 heteroatoms. The summed E-state index contributed by atoms with van der Waals surface area (Å²) in [6, 6.07) is 0.323. The van der Waals surface area contributed by atoms with E-state index in [9.17, 15) is 4.79 Å². The highest BCUT2D eigenvalue weighted by Gasteiger charge is 2.22. The molecule has 1 amide bonds. The molecule has 0 bridgehead atoms. The van der Waals surface area contributed by atoms with Crippen molar-refractivity contribution in [2.45, 2.75) is 46.6 Å². The van der Waals surface area contributed by atoms with Crippen LogP contribution in [0.3, 0.4) is 0 Å². The first kappa shape index (κ1) is 12.5. The molecule has 1 saturated heterocycles. The maximum absolute atomic E-state index is 11.7. The first-order chi connectivity index (χ1) is 6.87. The normalized spacial score (nSPS) is 27.5. The molecule has 15 heavy (non-hydrogen) atoms. The molecule has 0 spiro atoms. The molecule has 0 saturated carbocycles. The molecule has 1 aliphatic heterocycles. The van der Waals surface area contributed by atoms with Crippen molar-refractivity contribution in [3.05, 3.63) is 0 Å². The Morgan fingerprint density at radius 2 is 2.07 bits per heavy atom. The maximum Gasteiger partial charge on any atom is 0.220 e. The van der Waals surface area contributed by atoms with E-state index in [1.165, 1.54) is 0 Å². The lowest BCUT2D eigenvalue weighted by molar-refractivity contribution is -0.123. The number of nitrogens with one attached hydrogen (secondary N) is 2. The molecule has 0 radical (unpaired) electrons. The van der Waals surface area contributed by atoms with Crippen LogP contribution < -0.4 is 10.6 Å². The van der Waals surface area contributed by atoms with Crippen molar-refractivity contribution in [1.29, 1.82) is 0 Å². The molecule has 0 aliphatic carbocycles. The van der Waals surface area contributed by atoms with Gasteiger partial charge in [0.05, 0.1) is 0 Å². The van der Waals surface area contributed by atoms with E-state index in [4.69, 9.17) is 0 Å². The quantitative estimate of drug-likeness (QED) is 0.729. The van der Waals surface area contributed by atoms with E-state index in [1.807, 2.05) is 0 Å². The molecule has 1 aliphatic rings. The van der Waals surface area contributed by atoms with Crippen molar-refractivity contribution in [2.75, 3.05) is 13.1 Å². The summed E-state index contributed by atoms with van der Waals surface area (Å²) in [6.45, 7) is 10.5. The van der Waals surface area contributed by atoms with Crippen LogP contribution in [0, 0.1) is 11.3 Å². The highest BCUT2D eigenvalue weighted by Crippen LogP contribution is 2.18. The third kappa shape index (κ3) is 5.17. The molecule has 0 aromatic heterocycles. The van der Waals surface area contributed by atoms with Gasteiger partial charge in [0.1, 0.15) is 0 Å². The van der Waals surface area contributed by atoms with E-state index in [0.717, 1.165) is 19.5 Å². The summed E-state index contributed by atoms with van der Waals surface area (Å²) in [6.07, 6.45) is 1.71. The SMILES string of the molecule is CC1CNCC(NC(=O)CC(C)(C)C)C1. The van der Waals surface area contributed by atoms with Gasteiger partial charge in [-0.1, -0.05) is 27.7 Å². The summed E-state index contributed by atoms with van der Waals surface area (Å²) in [7, 11) is 0. The summed E-state index contributed by atoms with van der Waals surface area (Å²) in [5.74, 6) is 0.849. The largest absolute Gasteiger partial charge is 0.352 e. The fraction of sp³-hybridized carbons (Fsp3) is 0.917. The summed E-state index contributed by atoms with van der Waals surface area (Å²) in [4.78, 5) is 11.7. The lowest BCUT2D eigenvalue weighted by Gasteiger charge is -2.29. The average molecular weight is 212 g/mol. The molecule has 2 unspecified atom stereocenters. The fourth-order valence-corrected chi connectivity index (χ4v) is 2.03. The van der Waals surface area contributed by atoms with Crippen LogP contribution in [-0.2, 0) is 4.79 Å². The number of piperidine rings is 1. The van der Waals surface area contributed by atoms with Crippen molar-refractivity contribution in [2.24, 2.45) is 11.3 Å². The Kier molecular flexibility index (Phi) is 4.14. The second kappa shape index (κ2) is 4.97. The third-order valence-corrected chi connectivity index (χ3v) is 2.63. The van der Waals surface area contributed by atoms with E-state index in [2.05, 4.69) is 38.3 Å². The van der Waals surface area contributed by atoms with Gasteiger partial charge >= 0.3 is 0 Å². The zero-order valence-corrected chi connectivity index (χ0v) is 10.4. The predicted molar refractivity (Wildman–Crippen MR) is 62.7 cm³/mol. The molecule has 2 N–H and O–H groups in total. The first-order valence-electron chi connectivity index (χ1n) is 5.87. The Morgan fingerprint density at radius 3 is 2.60 bits per heavy atom. The Morgan fingerprint density at radius 1 is 1.40 bits per heavy atom. The molecular formula is C12H24N2O. The monoisotopic (exact) mass is 212 g/mol. The van der Waals surface area contributed by atoms with Crippen LogP contribution in [0.5, 0.6) is 0 Å². The zero-order chi connectivity index (χ0) is 11.5. The smallest absolute Gasteiger partial charge is 0.220 e. The van der Waals surface area contributed by atoms with Gasteiger partial charge in [-0.2, -0.15) is 0 Å². The number of hydrogen-bond acceptors (Lipinski definition) is 2. The van der Waals surface area contributed by atoms with Gasteiger partial charge in [-0.15, -0.1) is 0 Å².